The fourth-order valence-corrected chi connectivity index (χ4v) is 3.83. The zero-order chi connectivity index (χ0) is 19.3. The Kier molecular flexibility index (Phi) is 4.71. The standard InChI is InChI=1S/C25H23N3.ClH/c1-25(2,3)24-27-22(19-13-8-10-16-9-4-5-11-17(16)19)23(28-24)20-15-26-21-14-7-6-12-18(20)21;/h4-15,26H,1-3H3,(H,27,28);1H. The smallest absolute Gasteiger partial charge is 0.112 e. The van der Waals surface area contributed by atoms with E-state index in [1.165, 1.54) is 21.7 Å². The van der Waals surface area contributed by atoms with Gasteiger partial charge in [-0.2, -0.15) is 0 Å². The summed E-state index contributed by atoms with van der Waals surface area (Å²) in [6.45, 7) is 6.58. The first kappa shape index (κ1) is 19.3. The van der Waals surface area contributed by atoms with Gasteiger partial charge in [0.2, 0.25) is 0 Å². The quantitative estimate of drug-likeness (QED) is 0.325. The van der Waals surface area contributed by atoms with E-state index in [0.717, 1.165) is 28.3 Å². The molecule has 146 valence electrons. The van der Waals surface area contributed by atoms with Crippen LogP contribution in [0.25, 0.3) is 44.2 Å². The Morgan fingerprint density at radius 1 is 0.759 bits per heavy atom. The highest BCUT2D eigenvalue weighted by molar-refractivity contribution is 6.02. The predicted molar refractivity (Wildman–Crippen MR) is 125 cm³/mol. The molecule has 0 fully saturated rings. The number of hydrogen-bond donors (Lipinski definition) is 2. The Morgan fingerprint density at radius 2 is 1.45 bits per heavy atom. The molecule has 0 spiro atoms. The number of fused-ring (bicyclic) bond motifs is 2. The van der Waals surface area contributed by atoms with Crippen molar-refractivity contribution in [2.45, 2.75) is 26.2 Å². The van der Waals surface area contributed by atoms with Crippen LogP contribution in [0.15, 0.2) is 72.9 Å². The van der Waals surface area contributed by atoms with E-state index in [4.69, 9.17) is 4.98 Å². The van der Waals surface area contributed by atoms with Crippen molar-refractivity contribution in [3.8, 4) is 22.5 Å². The highest BCUT2D eigenvalue weighted by Crippen LogP contribution is 2.39. The summed E-state index contributed by atoms with van der Waals surface area (Å²) < 4.78 is 0. The van der Waals surface area contributed by atoms with Crippen LogP contribution in [0.1, 0.15) is 26.6 Å². The van der Waals surface area contributed by atoms with E-state index in [-0.39, 0.29) is 17.8 Å². The lowest BCUT2D eigenvalue weighted by Crippen LogP contribution is -2.13. The SMILES string of the molecule is CC(C)(C)c1nc(-c2c[nH]c3ccccc23)c(-c2cccc3ccccc23)[nH]1.Cl. The van der Waals surface area contributed by atoms with Crippen LogP contribution in [0.3, 0.4) is 0 Å². The molecule has 3 nitrogen and oxygen atoms in total. The van der Waals surface area contributed by atoms with E-state index in [0.29, 0.717) is 0 Å². The Labute approximate surface area is 176 Å². The largest absolute Gasteiger partial charge is 0.360 e. The average molecular weight is 402 g/mol. The molecule has 5 rings (SSSR count). The van der Waals surface area contributed by atoms with E-state index in [1.54, 1.807) is 0 Å². The van der Waals surface area contributed by atoms with Gasteiger partial charge in [-0.1, -0.05) is 81.4 Å². The molecule has 0 unspecified atom stereocenters. The average Bonchev–Trinajstić information content (AvgIpc) is 3.31. The fraction of sp³-hybridized carbons (Fsp3) is 0.160. The van der Waals surface area contributed by atoms with Crippen molar-refractivity contribution < 1.29 is 0 Å². The van der Waals surface area contributed by atoms with Gasteiger partial charge in [-0.15, -0.1) is 12.4 Å². The van der Waals surface area contributed by atoms with E-state index in [9.17, 15) is 0 Å². The molecule has 0 aliphatic heterocycles. The monoisotopic (exact) mass is 401 g/mol. The van der Waals surface area contributed by atoms with Crippen LogP contribution in [0.5, 0.6) is 0 Å². The lowest BCUT2D eigenvalue weighted by molar-refractivity contribution is 0.553. The van der Waals surface area contributed by atoms with E-state index >= 15 is 0 Å². The number of benzene rings is 3. The molecule has 2 aromatic heterocycles. The molecular formula is C25H24ClN3. The summed E-state index contributed by atoms with van der Waals surface area (Å²) in [6, 6.07) is 23.4. The van der Waals surface area contributed by atoms with E-state index in [1.807, 2.05) is 0 Å². The molecule has 2 N–H and O–H groups in total. The third-order valence-electron chi connectivity index (χ3n) is 5.32. The number of nitrogens with one attached hydrogen (secondary N) is 2. The van der Waals surface area contributed by atoms with Crippen LogP contribution >= 0.6 is 12.4 Å². The molecule has 0 saturated heterocycles. The van der Waals surface area contributed by atoms with Crippen molar-refractivity contribution in [2.75, 3.05) is 0 Å². The third-order valence-corrected chi connectivity index (χ3v) is 5.32. The van der Waals surface area contributed by atoms with Crippen LogP contribution in [-0.4, -0.2) is 15.0 Å². The van der Waals surface area contributed by atoms with Crippen molar-refractivity contribution >= 4 is 34.1 Å². The van der Waals surface area contributed by atoms with Crippen LogP contribution in [-0.2, 0) is 5.41 Å². The predicted octanol–water partition coefficient (Wildman–Crippen LogP) is 7.10. The first-order chi connectivity index (χ1) is 13.5. The minimum absolute atomic E-state index is 0. The van der Waals surface area contributed by atoms with Gasteiger partial charge in [0.15, 0.2) is 0 Å². The highest BCUT2D eigenvalue weighted by atomic mass is 35.5. The number of imidazole rings is 1. The molecule has 0 amide bonds. The first-order valence-corrected chi connectivity index (χ1v) is 9.67. The molecule has 2 heterocycles. The second kappa shape index (κ2) is 7.09. The molecule has 5 aromatic rings. The number of para-hydroxylation sites is 1. The van der Waals surface area contributed by atoms with Crippen molar-refractivity contribution in [1.29, 1.82) is 0 Å². The number of H-pyrrole nitrogens is 2. The van der Waals surface area contributed by atoms with Gasteiger partial charge < -0.3 is 9.97 Å². The van der Waals surface area contributed by atoms with Crippen LogP contribution in [0, 0.1) is 0 Å². The number of nitrogens with zero attached hydrogens (tertiary/aromatic N) is 1. The Hall–Kier alpha value is -3.04. The second-order valence-corrected chi connectivity index (χ2v) is 8.33. The molecule has 0 saturated carbocycles. The summed E-state index contributed by atoms with van der Waals surface area (Å²) in [7, 11) is 0. The van der Waals surface area contributed by atoms with Gasteiger partial charge in [0.1, 0.15) is 5.82 Å². The number of hydrogen-bond acceptors (Lipinski definition) is 1. The number of aromatic nitrogens is 3. The highest BCUT2D eigenvalue weighted by Gasteiger charge is 2.24. The Balaban J connectivity index is 0.00000205. The first-order valence-electron chi connectivity index (χ1n) is 9.67. The van der Waals surface area contributed by atoms with Gasteiger partial charge >= 0.3 is 0 Å². The summed E-state index contributed by atoms with van der Waals surface area (Å²) in [6.07, 6.45) is 2.07. The summed E-state index contributed by atoms with van der Waals surface area (Å²) in [5.41, 5.74) is 5.45. The summed E-state index contributed by atoms with van der Waals surface area (Å²) >= 11 is 0. The normalized spacial score (nSPS) is 11.7. The molecule has 0 aliphatic carbocycles. The third kappa shape index (κ3) is 3.22. The van der Waals surface area contributed by atoms with Crippen molar-refractivity contribution in [3.05, 3.63) is 78.8 Å². The molecule has 3 aromatic carbocycles. The topological polar surface area (TPSA) is 44.5 Å². The van der Waals surface area contributed by atoms with Crippen LogP contribution in [0.4, 0.5) is 0 Å². The molecular weight excluding hydrogens is 378 g/mol. The molecule has 0 aliphatic rings. The molecule has 0 bridgehead atoms. The van der Waals surface area contributed by atoms with Gasteiger partial charge in [0, 0.05) is 33.6 Å². The molecule has 4 heteroatoms. The van der Waals surface area contributed by atoms with Crippen LogP contribution in [0.2, 0.25) is 0 Å². The maximum Gasteiger partial charge on any atom is 0.112 e. The fourth-order valence-electron chi connectivity index (χ4n) is 3.83. The van der Waals surface area contributed by atoms with Gasteiger partial charge in [-0.05, 0) is 16.8 Å². The molecule has 29 heavy (non-hydrogen) atoms. The van der Waals surface area contributed by atoms with Gasteiger partial charge in [0.05, 0.1) is 11.4 Å². The van der Waals surface area contributed by atoms with E-state index < -0.39 is 0 Å². The van der Waals surface area contributed by atoms with Crippen molar-refractivity contribution in [2.24, 2.45) is 0 Å². The zero-order valence-corrected chi connectivity index (χ0v) is 17.6. The van der Waals surface area contributed by atoms with Crippen molar-refractivity contribution in [3.63, 3.8) is 0 Å². The minimum atomic E-state index is -0.0658. The maximum atomic E-state index is 5.08. The van der Waals surface area contributed by atoms with Gasteiger partial charge in [0.25, 0.3) is 0 Å². The number of halogens is 1. The number of rotatable bonds is 2. The van der Waals surface area contributed by atoms with Crippen LogP contribution < -0.4 is 0 Å². The Morgan fingerprint density at radius 3 is 2.24 bits per heavy atom. The molecule has 0 atom stereocenters. The summed E-state index contributed by atoms with van der Waals surface area (Å²) in [4.78, 5) is 12.1. The minimum Gasteiger partial charge on any atom is -0.360 e. The Bertz CT molecular complexity index is 1300. The van der Waals surface area contributed by atoms with Gasteiger partial charge in [-0.25, -0.2) is 4.98 Å². The number of aromatic amines is 2. The lowest BCUT2D eigenvalue weighted by atomic mass is 9.96. The maximum absolute atomic E-state index is 5.08. The summed E-state index contributed by atoms with van der Waals surface area (Å²) in [5, 5.41) is 3.66. The van der Waals surface area contributed by atoms with Crippen molar-refractivity contribution in [1.82, 2.24) is 15.0 Å². The van der Waals surface area contributed by atoms with E-state index in [2.05, 4.69) is 104 Å². The summed E-state index contributed by atoms with van der Waals surface area (Å²) in [5.74, 6) is 0.996. The zero-order valence-electron chi connectivity index (χ0n) is 16.8. The van der Waals surface area contributed by atoms with Gasteiger partial charge in [-0.3, -0.25) is 0 Å². The molecule has 0 radical (unpaired) electrons. The lowest BCUT2D eigenvalue weighted by Gasteiger charge is -2.14. The second-order valence-electron chi connectivity index (χ2n) is 8.33.